The van der Waals surface area contributed by atoms with E-state index in [1.165, 1.54) is 0 Å². The van der Waals surface area contributed by atoms with Gasteiger partial charge in [-0.2, -0.15) is 0 Å². The van der Waals surface area contributed by atoms with E-state index in [2.05, 4.69) is 15.4 Å². The van der Waals surface area contributed by atoms with Crippen molar-refractivity contribution in [3.63, 3.8) is 0 Å². The van der Waals surface area contributed by atoms with Crippen LogP contribution in [0.1, 0.15) is 42.1 Å². The monoisotopic (exact) mass is 345 g/mol. The highest BCUT2D eigenvalue weighted by atomic mass is 35.5. The number of para-hydroxylation sites is 1. The van der Waals surface area contributed by atoms with Gasteiger partial charge < -0.3 is 10.2 Å². The molecule has 2 fully saturated rings. The summed E-state index contributed by atoms with van der Waals surface area (Å²) in [6.07, 6.45) is 2.17. The summed E-state index contributed by atoms with van der Waals surface area (Å²) in [6.45, 7) is 4.32. The molecule has 1 aromatic carbocycles. The second-order valence-electron chi connectivity index (χ2n) is 6.48. The van der Waals surface area contributed by atoms with Crippen molar-refractivity contribution >= 4 is 17.5 Å². The van der Waals surface area contributed by atoms with Crippen LogP contribution in [-0.4, -0.2) is 51.2 Å². The number of aromatic nitrogens is 3. The van der Waals surface area contributed by atoms with Gasteiger partial charge in [0.2, 0.25) is 5.82 Å². The van der Waals surface area contributed by atoms with E-state index in [1.54, 1.807) is 4.68 Å². The van der Waals surface area contributed by atoms with Gasteiger partial charge in [-0.1, -0.05) is 23.7 Å². The molecule has 0 bridgehead atoms. The van der Waals surface area contributed by atoms with Crippen LogP contribution in [0.5, 0.6) is 0 Å². The lowest BCUT2D eigenvalue weighted by Gasteiger charge is -2.33. The summed E-state index contributed by atoms with van der Waals surface area (Å²) in [7, 11) is 0. The highest BCUT2D eigenvalue weighted by molar-refractivity contribution is 6.32. The van der Waals surface area contributed by atoms with Crippen LogP contribution in [0.3, 0.4) is 0 Å². The van der Waals surface area contributed by atoms with Crippen molar-refractivity contribution in [2.45, 2.75) is 31.7 Å². The van der Waals surface area contributed by atoms with E-state index < -0.39 is 0 Å². The molecule has 7 heteroatoms. The molecule has 1 atom stereocenters. The lowest BCUT2D eigenvalue weighted by Crippen LogP contribution is -2.52. The third kappa shape index (κ3) is 2.80. The van der Waals surface area contributed by atoms with E-state index in [0.29, 0.717) is 17.5 Å². The van der Waals surface area contributed by atoms with Gasteiger partial charge in [-0.25, -0.2) is 9.67 Å². The highest BCUT2D eigenvalue weighted by Gasteiger charge is 2.34. The van der Waals surface area contributed by atoms with Gasteiger partial charge in [0, 0.05) is 31.6 Å². The molecule has 1 N–H and O–H groups in total. The Labute approximate surface area is 145 Å². The Kier molecular flexibility index (Phi) is 4.02. The number of hydrogen-bond acceptors (Lipinski definition) is 4. The summed E-state index contributed by atoms with van der Waals surface area (Å²) < 4.78 is 1.75. The van der Waals surface area contributed by atoms with E-state index in [1.807, 2.05) is 36.1 Å². The van der Waals surface area contributed by atoms with Crippen molar-refractivity contribution < 1.29 is 4.79 Å². The standard InChI is InChI=1S/C17H20ClN5O/c1-11-10-19-8-9-22(11)17(24)15-20-16(12-6-7-12)23(21-15)14-5-3-2-4-13(14)18/h2-5,11-12,19H,6-10H2,1H3. The van der Waals surface area contributed by atoms with E-state index in [4.69, 9.17) is 11.6 Å². The summed E-state index contributed by atoms with van der Waals surface area (Å²) in [4.78, 5) is 19.3. The maximum atomic E-state index is 12.9. The molecule has 0 spiro atoms. The third-order valence-corrected chi connectivity index (χ3v) is 4.93. The number of hydrogen-bond donors (Lipinski definition) is 1. The lowest BCUT2D eigenvalue weighted by molar-refractivity contribution is 0.0643. The van der Waals surface area contributed by atoms with Crippen LogP contribution in [0.4, 0.5) is 0 Å². The molecule has 1 aliphatic carbocycles. The van der Waals surface area contributed by atoms with Gasteiger partial charge in [0.05, 0.1) is 10.7 Å². The first-order chi connectivity index (χ1) is 11.6. The number of carbonyl (C=O) groups is 1. The van der Waals surface area contributed by atoms with Crippen molar-refractivity contribution in [1.82, 2.24) is 25.0 Å². The summed E-state index contributed by atoms with van der Waals surface area (Å²) in [5.41, 5.74) is 0.779. The van der Waals surface area contributed by atoms with Gasteiger partial charge >= 0.3 is 0 Å². The van der Waals surface area contributed by atoms with Crippen LogP contribution >= 0.6 is 11.6 Å². The molecular weight excluding hydrogens is 326 g/mol. The van der Waals surface area contributed by atoms with Gasteiger partial charge in [0.15, 0.2) is 0 Å². The number of halogens is 1. The molecule has 24 heavy (non-hydrogen) atoms. The van der Waals surface area contributed by atoms with Gasteiger partial charge in [-0.3, -0.25) is 4.79 Å². The zero-order valence-corrected chi connectivity index (χ0v) is 14.3. The van der Waals surface area contributed by atoms with E-state index >= 15 is 0 Å². The number of piperazine rings is 1. The quantitative estimate of drug-likeness (QED) is 0.926. The fourth-order valence-electron chi connectivity index (χ4n) is 3.09. The molecule has 1 saturated carbocycles. The lowest BCUT2D eigenvalue weighted by atomic mass is 10.2. The molecule has 1 aliphatic heterocycles. The van der Waals surface area contributed by atoms with Crippen LogP contribution in [0.15, 0.2) is 24.3 Å². The van der Waals surface area contributed by atoms with Crippen LogP contribution in [0.2, 0.25) is 5.02 Å². The molecule has 6 nitrogen and oxygen atoms in total. The SMILES string of the molecule is CC1CNCCN1C(=O)c1nc(C2CC2)n(-c2ccccc2Cl)n1. The van der Waals surface area contributed by atoms with Crippen molar-refractivity contribution in [1.29, 1.82) is 0 Å². The molecular formula is C17H20ClN5O. The van der Waals surface area contributed by atoms with Crippen LogP contribution in [-0.2, 0) is 0 Å². The number of rotatable bonds is 3. The normalized spacial score (nSPS) is 21.1. The van der Waals surface area contributed by atoms with Gasteiger partial charge in [0.1, 0.15) is 5.82 Å². The number of amides is 1. The highest BCUT2D eigenvalue weighted by Crippen LogP contribution is 2.40. The zero-order chi connectivity index (χ0) is 16.7. The first-order valence-electron chi connectivity index (χ1n) is 8.38. The smallest absolute Gasteiger partial charge is 0.293 e. The number of benzene rings is 1. The summed E-state index contributed by atoms with van der Waals surface area (Å²) in [5.74, 6) is 1.38. The molecule has 126 valence electrons. The van der Waals surface area contributed by atoms with Gasteiger partial charge in [-0.05, 0) is 31.9 Å². The average Bonchev–Trinajstić information content (AvgIpc) is 3.34. The molecule has 2 aliphatic rings. The Hall–Kier alpha value is -1.92. The Morgan fingerprint density at radius 1 is 1.33 bits per heavy atom. The van der Waals surface area contributed by atoms with Crippen LogP contribution < -0.4 is 5.32 Å². The fraction of sp³-hybridized carbons (Fsp3) is 0.471. The Morgan fingerprint density at radius 2 is 2.12 bits per heavy atom. The van der Waals surface area contributed by atoms with Crippen LogP contribution in [0, 0.1) is 0 Å². The molecule has 2 heterocycles. The van der Waals surface area contributed by atoms with Crippen molar-refractivity contribution in [2.75, 3.05) is 19.6 Å². The Bertz CT molecular complexity index is 770. The van der Waals surface area contributed by atoms with Crippen LogP contribution in [0.25, 0.3) is 5.69 Å². The van der Waals surface area contributed by atoms with E-state index in [-0.39, 0.29) is 17.8 Å². The second kappa shape index (κ2) is 6.18. The maximum Gasteiger partial charge on any atom is 0.293 e. The predicted molar refractivity (Wildman–Crippen MR) is 91.7 cm³/mol. The molecule has 1 amide bonds. The summed E-state index contributed by atoms with van der Waals surface area (Å²) in [6, 6.07) is 7.68. The molecule has 1 saturated heterocycles. The summed E-state index contributed by atoms with van der Waals surface area (Å²) >= 11 is 6.32. The summed E-state index contributed by atoms with van der Waals surface area (Å²) in [5, 5.41) is 8.42. The maximum absolute atomic E-state index is 12.9. The molecule has 0 radical (unpaired) electrons. The van der Waals surface area contributed by atoms with Gasteiger partial charge in [0.25, 0.3) is 5.91 Å². The van der Waals surface area contributed by atoms with Crippen molar-refractivity contribution in [2.24, 2.45) is 0 Å². The minimum Gasteiger partial charge on any atom is -0.331 e. The number of carbonyl (C=O) groups excluding carboxylic acids is 1. The number of nitrogens with one attached hydrogen (secondary N) is 1. The van der Waals surface area contributed by atoms with E-state index in [0.717, 1.165) is 37.4 Å². The molecule has 1 unspecified atom stereocenters. The van der Waals surface area contributed by atoms with Gasteiger partial charge in [-0.15, -0.1) is 5.10 Å². The Morgan fingerprint density at radius 3 is 2.83 bits per heavy atom. The largest absolute Gasteiger partial charge is 0.331 e. The first-order valence-corrected chi connectivity index (χ1v) is 8.76. The molecule has 1 aromatic heterocycles. The topological polar surface area (TPSA) is 63.1 Å². The first kappa shape index (κ1) is 15.6. The fourth-order valence-corrected chi connectivity index (χ4v) is 3.31. The minimum atomic E-state index is -0.100. The Balaban J connectivity index is 1.71. The van der Waals surface area contributed by atoms with Crippen molar-refractivity contribution in [3.05, 3.63) is 40.9 Å². The predicted octanol–water partition coefficient (Wildman–Crippen LogP) is 2.23. The third-order valence-electron chi connectivity index (χ3n) is 4.61. The molecule has 2 aromatic rings. The van der Waals surface area contributed by atoms with Crippen molar-refractivity contribution in [3.8, 4) is 5.69 Å². The molecule has 4 rings (SSSR count). The zero-order valence-electron chi connectivity index (χ0n) is 13.6. The van der Waals surface area contributed by atoms with E-state index in [9.17, 15) is 4.79 Å². The minimum absolute atomic E-state index is 0.100. The number of nitrogens with zero attached hydrogens (tertiary/aromatic N) is 4. The average molecular weight is 346 g/mol. The second-order valence-corrected chi connectivity index (χ2v) is 6.89.